The molecule has 0 spiro atoms. The Hall–Kier alpha value is -2.13. The van der Waals surface area contributed by atoms with E-state index in [9.17, 15) is 0 Å². The van der Waals surface area contributed by atoms with Gasteiger partial charge < -0.3 is 15.1 Å². The minimum Gasteiger partial charge on any atom is -0.468 e. The molecule has 2 N–H and O–H groups in total. The van der Waals surface area contributed by atoms with Crippen molar-refractivity contribution < 1.29 is 4.42 Å². The van der Waals surface area contributed by atoms with Gasteiger partial charge in [-0.05, 0) is 55.8 Å². The number of nitrogens with zero attached hydrogens (tertiary/aromatic N) is 3. The van der Waals surface area contributed by atoms with Gasteiger partial charge in [0.2, 0.25) is 0 Å². The average Bonchev–Trinajstić information content (AvgIpc) is 3.31. The van der Waals surface area contributed by atoms with Crippen molar-refractivity contribution in [3.8, 4) is 0 Å². The molecular weight excluding hydrogens is 489 g/mol. The van der Waals surface area contributed by atoms with Crippen LogP contribution in [0, 0.1) is 0 Å². The van der Waals surface area contributed by atoms with Crippen LogP contribution >= 0.6 is 24.0 Å². The van der Waals surface area contributed by atoms with Gasteiger partial charge in [0, 0.05) is 31.7 Å². The Morgan fingerprint density at radius 3 is 2.70 bits per heavy atom. The summed E-state index contributed by atoms with van der Waals surface area (Å²) in [7, 11) is 1.81. The summed E-state index contributed by atoms with van der Waals surface area (Å²) in [6.45, 7) is 3.67. The lowest BCUT2D eigenvalue weighted by Crippen LogP contribution is -2.44. The molecule has 1 atom stereocenters. The number of nitrogens with one attached hydrogen (secondary N) is 2. The standard InChI is InChI=1S/C23H29N5O.HI/c1-24-23(26-16-18-11-12-25-20-9-4-3-8-19(18)20)27-17-21(22-10-7-15-29-22)28-13-5-2-6-14-28;/h3-4,7-12,15,21H,2,5-6,13-14,16-17H2,1H3,(H2,24,26,27);1H. The fourth-order valence-electron chi connectivity index (χ4n) is 4.02. The van der Waals surface area contributed by atoms with Crippen LogP contribution in [0.1, 0.15) is 36.6 Å². The average molecular weight is 519 g/mol. The third-order valence-corrected chi connectivity index (χ3v) is 5.58. The van der Waals surface area contributed by atoms with Gasteiger partial charge in [0.05, 0.1) is 17.8 Å². The van der Waals surface area contributed by atoms with Crippen molar-refractivity contribution in [1.29, 1.82) is 0 Å². The first-order chi connectivity index (χ1) is 14.3. The number of fused-ring (bicyclic) bond motifs is 1. The molecule has 3 heterocycles. The van der Waals surface area contributed by atoms with E-state index in [2.05, 4.69) is 43.7 Å². The normalized spacial score (nSPS) is 16.1. The molecule has 0 aliphatic carbocycles. The number of rotatable bonds is 6. The van der Waals surface area contributed by atoms with Crippen molar-refractivity contribution in [1.82, 2.24) is 20.5 Å². The lowest BCUT2D eigenvalue weighted by molar-refractivity contribution is 0.146. The molecular formula is C23H30IN5O. The molecule has 0 saturated carbocycles. The van der Waals surface area contributed by atoms with E-state index in [0.29, 0.717) is 6.54 Å². The second-order valence-corrected chi connectivity index (χ2v) is 7.42. The van der Waals surface area contributed by atoms with Crippen LogP contribution in [-0.2, 0) is 6.54 Å². The van der Waals surface area contributed by atoms with E-state index >= 15 is 0 Å². The molecule has 1 unspecified atom stereocenters. The van der Waals surface area contributed by atoms with Crippen molar-refractivity contribution in [3.05, 3.63) is 66.2 Å². The van der Waals surface area contributed by atoms with Gasteiger partial charge in [-0.15, -0.1) is 24.0 Å². The van der Waals surface area contributed by atoms with Crippen LogP contribution in [0.3, 0.4) is 0 Å². The van der Waals surface area contributed by atoms with Gasteiger partial charge in [0.15, 0.2) is 5.96 Å². The number of likely N-dealkylation sites (tertiary alicyclic amines) is 1. The first-order valence-corrected chi connectivity index (χ1v) is 10.4. The molecule has 3 aromatic rings. The summed E-state index contributed by atoms with van der Waals surface area (Å²) in [5, 5.41) is 8.10. The molecule has 0 amide bonds. The first-order valence-electron chi connectivity index (χ1n) is 10.4. The quantitative estimate of drug-likeness (QED) is 0.288. The predicted octanol–water partition coefficient (Wildman–Crippen LogP) is 4.34. The summed E-state index contributed by atoms with van der Waals surface area (Å²) in [5.41, 5.74) is 2.22. The van der Waals surface area contributed by atoms with Crippen molar-refractivity contribution in [3.63, 3.8) is 0 Å². The number of piperidine rings is 1. The highest BCUT2D eigenvalue weighted by Gasteiger charge is 2.24. The fourth-order valence-corrected chi connectivity index (χ4v) is 4.02. The molecule has 1 aliphatic rings. The fraction of sp³-hybridized carbons (Fsp3) is 0.391. The maximum atomic E-state index is 5.74. The summed E-state index contributed by atoms with van der Waals surface area (Å²) < 4.78 is 5.74. The Kier molecular flexibility index (Phi) is 8.50. The summed E-state index contributed by atoms with van der Waals surface area (Å²) in [6.07, 6.45) is 7.43. The van der Waals surface area contributed by atoms with E-state index in [4.69, 9.17) is 4.42 Å². The van der Waals surface area contributed by atoms with E-state index in [0.717, 1.165) is 36.9 Å². The molecule has 6 nitrogen and oxygen atoms in total. The van der Waals surface area contributed by atoms with Gasteiger partial charge in [-0.3, -0.25) is 14.9 Å². The lowest BCUT2D eigenvalue weighted by Gasteiger charge is -2.33. The second-order valence-electron chi connectivity index (χ2n) is 7.42. The number of aliphatic imine (C=N–C) groups is 1. The number of aromatic nitrogens is 1. The third kappa shape index (κ3) is 5.51. The van der Waals surface area contributed by atoms with Crippen molar-refractivity contribution in [2.24, 2.45) is 4.99 Å². The number of hydrogen-bond acceptors (Lipinski definition) is 4. The van der Waals surface area contributed by atoms with Crippen LogP contribution in [0.5, 0.6) is 0 Å². The minimum absolute atomic E-state index is 0. The Morgan fingerprint density at radius 1 is 1.10 bits per heavy atom. The van der Waals surface area contributed by atoms with E-state index in [1.54, 1.807) is 6.26 Å². The van der Waals surface area contributed by atoms with Gasteiger partial charge in [-0.1, -0.05) is 24.6 Å². The highest BCUT2D eigenvalue weighted by molar-refractivity contribution is 14.0. The zero-order valence-corrected chi connectivity index (χ0v) is 19.7. The smallest absolute Gasteiger partial charge is 0.191 e. The Balaban J connectivity index is 0.00000256. The Bertz CT molecular complexity index is 932. The number of guanidine groups is 1. The van der Waals surface area contributed by atoms with Gasteiger partial charge in [0.1, 0.15) is 5.76 Å². The highest BCUT2D eigenvalue weighted by atomic mass is 127. The van der Waals surface area contributed by atoms with Crippen molar-refractivity contribution >= 4 is 40.8 Å². The van der Waals surface area contributed by atoms with Gasteiger partial charge >= 0.3 is 0 Å². The maximum Gasteiger partial charge on any atom is 0.191 e. The molecule has 0 radical (unpaired) electrons. The number of hydrogen-bond donors (Lipinski definition) is 2. The number of halogens is 1. The summed E-state index contributed by atoms with van der Waals surface area (Å²) in [5.74, 6) is 1.80. The van der Waals surface area contributed by atoms with E-state index < -0.39 is 0 Å². The van der Waals surface area contributed by atoms with Crippen molar-refractivity contribution in [2.45, 2.75) is 31.8 Å². The number of para-hydroxylation sites is 1. The van der Waals surface area contributed by atoms with E-state index in [1.807, 2.05) is 37.5 Å². The summed E-state index contributed by atoms with van der Waals surface area (Å²) in [4.78, 5) is 11.4. The topological polar surface area (TPSA) is 65.7 Å². The van der Waals surface area contributed by atoms with Gasteiger partial charge in [-0.25, -0.2) is 0 Å². The van der Waals surface area contributed by atoms with E-state index in [-0.39, 0.29) is 30.0 Å². The molecule has 4 rings (SSSR count). The maximum absolute atomic E-state index is 5.74. The molecule has 1 aliphatic heterocycles. The van der Waals surface area contributed by atoms with Crippen molar-refractivity contribution in [2.75, 3.05) is 26.7 Å². The Labute approximate surface area is 195 Å². The summed E-state index contributed by atoms with van der Waals surface area (Å²) >= 11 is 0. The van der Waals surface area contributed by atoms with Crippen LogP contribution in [0.4, 0.5) is 0 Å². The van der Waals surface area contributed by atoms with Crippen LogP contribution in [0.2, 0.25) is 0 Å². The van der Waals surface area contributed by atoms with Crippen LogP contribution < -0.4 is 10.6 Å². The monoisotopic (exact) mass is 519 g/mol. The Morgan fingerprint density at radius 2 is 1.93 bits per heavy atom. The highest BCUT2D eigenvalue weighted by Crippen LogP contribution is 2.24. The molecule has 1 fully saturated rings. The lowest BCUT2D eigenvalue weighted by atomic mass is 10.1. The van der Waals surface area contributed by atoms with Gasteiger partial charge in [0.25, 0.3) is 0 Å². The number of benzene rings is 1. The predicted molar refractivity (Wildman–Crippen MR) is 132 cm³/mol. The second kappa shape index (κ2) is 11.3. The zero-order chi connectivity index (χ0) is 19.9. The largest absolute Gasteiger partial charge is 0.468 e. The van der Waals surface area contributed by atoms with Crippen LogP contribution in [0.25, 0.3) is 10.9 Å². The van der Waals surface area contributed by atoms with Gasteiger partial charge in [-0.2, -0.15) is 0 Å². The summed E-state index contributed by atoms with van der Waals surface area (Å²) in [6, 6.07) is 14.5. The molecule has 7 heteroatoms. The first kappa shape index (κ1) is 22.6. The number of pyridine rings is 1. The molecule has 30 heavy (non-hydrogen) atoms. The zero-order valence-electron chi connectivity index (χ0n) is 17.4. The molecule has 1 aromatic carbocycles. The number of furan rings is 1. The van der Waals surface area contributed by atoms with E-state index in [1.165, 1.54) is 30.2 Å². The molecule has 2 aromatic heterocycles. The molecule has 0 bridgehead atoms. The van der Waals surface area contributed by atoms with Crippen LogP contribution in [-0.4, -0.2) is 42.5 Å². The molecule has 1 saturated heterocycles. The third-order valence-electron chi connectivity index (χ3n) is 5.58. The SMILES string of the molecule is CN=C(NCc1ccnc2ccccc12)NCC(c1ccco1)N1CCCCC1.I. The van der Waals surface area contributed by atoms with Crippen LogP contribution in [0.15, 0.2) is 64.3 Å². The minimum atomic E-state index is 0. The molecule has 160 valence electrons.